The van der Waals surface area contributed by atoms with E-state index in [2.05, 4.69) is 20.2 Å². The van der Waals surface area contributed by atoms with E-state index in [9.17, 15) is 5.11 Å². The number of aromatic nitrogens is 2. The Labute approximate surface area is 89.2 Å². The molecule has 2 rings (SSSR count). The van der Waals surface area contributed by atoms with E-state index in [1.54, 1.807) is 6.20 Å². The van der Waals surface area contributed by atoms with Crippen LogP contribution in [0.1, 0.15) is 13.3 Å². The standard InChI is InChI=1S/C10H16N4O/c1-2-11-10-12-5-3-9(13-10)14-6-4-8(15)7-14/h3,5,8,15H,2,4,6-7H2,1H3,(H,11,12,13)/t8-/m0/s1. The molecule has 1 saturated heterocycles. The van der Waals surface area contributed by atoms with Gasteiger partial charge in [0.15, 0.2) is 0 Å². The van der Waals surface area contributed by atoms with Crippen LogP contribution in [0.2, 0.25) is 0 Å². The summed E-state index contributed by atoms with van der Waals surface area (Å²) in [5.74, 6) is 1.54. The zero-order valence-corrected chi connectivity index (χ0v) is 8.85. The highest BCUT2D eigenvalue weighted by atomic mass is 16.3. The average Bonchev–Trinajstić information content (AvgIpc) is 2.66. The van der Waals surface area contributed by atoms with Crippen LogP contribution < -0.4 is 10.2 Å². The van der Waals surface area contributed by atoms with Gasteiger partial charge in [0.05, 0.1) is 6.10 Å². The minimum atomic E-state index is -0.220. The third-order valence-electron chi connectivity index (χ3n) is 2.46. The van der Waals surface area contributed by atoms with Gasteiger partial charge in [-0.15, -0.1) is 0 Å². The molecule has 0 amide bonds. The maximum Gasteiger partial charge on any atom is 0.224 e. The molecule has 1 aromatic rings. The van der Waals surface area contributed by atoms with Gasteiger partial charge < -0.3 is 15.3 Å². The van der Waals surface area contributed by atoms with Gasteiger partial charge >= 0.3 is 0 Å². The molecule has 0 saturated carbocycles. The number of aliphatic hydroxyl groups excluding tert-OH is 1. The third kappa shape index (κ3) is 2.36. The van der Waals surface area contributed by atoms with Crippen molar-refractivity contribution < 1.29 is 5.11 Å². The minimum Gasteiger partial charge on any atom is -0.391 e. The first-order valence-corrected chi connectivity index (χ1v) is 5.29. The van der Waals surface area contributed by atoms with Crippen LogP contribution in [0.25, 0.3) is 0 Å². The zero-order valence-electron chi connectivity index (χ0n) is 8.85. The van der Waals surface area contributed by atoms with E-state index >= 15 is 0 Å². The Morgan fingerprint density at radius 1 is 1.67 bits per heavy atom. The lowest BCUT2D eigenvalue weighted by Gasteiger charge is -2.16. The van der Waals surface area contributed by atoms with Gasteiger partial charge in [0.25, 0.3) is 0 Å². The van der Waals surface area contributed by atoms with E-state index in [1.165, 1.54) is 0 Å². The fourth-order valence-electron chi connectivity index (χ4n) is 1.72. The monoisotopic (exact) mass is 208 g/mol. The fourth-order valence-corrected chi connectivity index (χ4v) is 1.72. The molecule has 0 bridgehead atoms. The number of aliphatic hydroxyl groups is 1. The predicted octanol–water partition coefficient (Wildman–Crippen LogP) is 0.479. The summed E-state index contributed by atoms with van der Waals surface area (Å²) in [6.45, 7) is 4.36. The normalized spacial score (nSPS) is 20.7. The second kappa shape index (κ2) is 4.44. The molecule has 2 heterocycles. The van der Waals surface area contributed by atoms with E-state index < -0.39 is 0 Å². The maximum absolute atomic E-state index is 9.43. The first-order valence-electron chi connectivity index (χ1n) is 5.29. The predicted molar refractivity (Wildman–Crippen MR) is 59.0 cm³/mol. The van der Waals surface area contributed by atoms with Crippen LogP contribution in [-0.4, -0.2) is 40.8 Å². The van der Waals surface area contributed by atoms with Crippen molar-refractivity contribution in [3.8, 4) is 0 Å². The molecule has 0 aliphatic carbocycles. The summed E-state index contributed by atoms with van der Waals surface area (Å²) < 4.78 is 0. The Balaban J connectivity index is 2.10. The lowest BCUT2D eigenvalue weighted by atomic mass is 10.3. The molecule has 0 spiro atoms. The van der Waals surface area contributed by atoms with Crippen LogP contribution in [0.3, 0.4) is 0 Å². The summed E-state index contributed by atoms with van der Waals surface area (Å²) in [6, 6.07) is 1.87. The number of nitrogens with one attached hydrogen (secondary N) is 1. The van der Waals surface area contributed by atoms with Crippen molar-refractivity contribution in [3.63, 3.8) is 0 Å². The molecule has 5 heteroatoms. The van der Waals surface area contributed by atoms with E-state index in [0.717, 1.165) is 25.3 Å². The Morgan fingerprint density at radius 3 is 3.20 bits per heavy atom. The van der Waals surface area contributed by atoms with Gasteiger partial charge in [-0.25, -0.2) is 4.98 Å². The van der Waals surface area contributed by atoms with Gasteiger partial charge in [-0.1, -0.05) is 0 Å². The van der Waals surface area contributed by atoms with Gasteiger partial charge in [0, 0.05) is 25.8 Å². The van der Waals surface area contributed by atoms with Crippen molar-refractivity contribution in [2.45, 2.75) is 19.4 Å². The van der Waals surface area contributed by atoms with Crippen LogP contribution in [0.4, 0.5) is 11.8 Å². The molecular formula is C10H16N4O. The fraction of sp³-hybridized carbons (Fsp3) is 0.600. The molecule has 15 heavy (non-hydrogen) atoms. The first kappa shape index (κ1) is 10.2. The van der Waals surface area contributed by atoms with Crippen LogP contribution >= 0.6 is 0 Å². The van der Waals surface area contributed by atoms with Crippen molar-refractivity contribution in [1.29, 1.82) is 0 Å². The Bertz CT molecular complexity index is 331. The highest BCUT2D eigenvalue weighted by Crippen LogP contribution is 2.18. The molecule has 1 aromatic heterocycles. The van der Waals surface area contributed by atoms with Gasteiger partial charge in [-0.2, -0.15) is 4.98 Å². The largest absolute Gasteiger partial charge is 0.391 e. The van der Waals surface area contributed by atoms with Crippen LogP contribution in [-0.2, 0) is 0 Å². The number of hydrogen-bond donors (Lipinski definition) is 2. The summed E-state index contributed by atoms with van der Waals surface area (Å²) in [5.41, 5.74) is 0. The van der Waals surface area contributed by atoms with Gasteiger partial charge in [0.1, 0.15) is 5.82 Å². The van der Waals surface area contributed by atoms with Crippen LogP contribution in [0, 0.1) is 0 Å². The number of rotatable bonds is 3. The molecular weight excluding hydrogens is 192 g/mol. The Morgan fingerprint density at radius 2 is 2.53 bits per heavy atom. The topological polar surface area (TPSA) is 61.3 Å². The summed E-state index contributed by atoms with van der Waals surface area (Å²) in [4.78, 5) is 10.6. The molecule has 1 aliphatic heterocycles. The third-order valence-corrected chi connectivity index (χ3v) is 2.46. The quantitative estimate of drug-likeness (QED) is 0.756. The van der Waals surface area contributed by atoms with E-state index in [1.807, 2.05) is 13.0 Å². The van der Waals surface area contributed by atoms with Gasteiger partial charge in [-0.05, 0) is 19.4 Å². The van der Waals surface area contributed by atoms with Crippen LogP contribution in [0.5, 0.6) is 0 Å². The summed E-state index contributed by atoms with van der Waals surface area (Å²) in [5, 5.41) is 12.5. The molecule has 0 aromatic carbocycles. The molecule has 1 atom stereocenters. The van der Waals surface area contributed by atoms with Crippen molar-refractivity contribution in [3.05, 3.63) is 12.3 Å². The maximum atomic E-state index is 9.43. The molecule has 0 radical (unpaired) electrons. The smallest absolute Gasteiger partial charge is 0.224 e. The lowest BCUT2D eigenvalue weighted by Crippen LogP contribution is -2.22. The van der Waals surface area contributed by atoms with E-state index in [-0.39, 0.29) is 6.10 Å². The first-order chi connectivity index (χ1) is 7.29. The molecule has 5 nitrogen and oxygen atoms in total. The molecule has 1 fully saturated rings. The second-order valence-corrected chi connectivity index (χ2v) is 3.66. The highest BCUT2D eigenvalue weighted by Gasteiger charge is 2.21. The number of nitrogens with zero attached hydrogens (tertiary/aromatic N) is 3. The Hall–Kier alpha value is -1.36. The Kier molecular flexibility index (Phi) is 3.01. The second-order valence-electron chi connectivity index (χ2n) is 3.66. The molecule has 0 unspecified atom stereocenters. The number of β-amino-alcohol motifs (C(OH)–C–C–N with tert-alkyl or cyclic N) is 1. The van der Waals surface area contributed by atoms with Gasteiger partial charge in [-0.3, -0.25) is 0 Å². The van der Waals surface area contributed by atoms with Crippen LogP contribution in [0.15, 0.2) is 12.3 Å². The number of anilines is 2. The summed E-state index contributed by atoms with van der Waals surface area (Å²) >= 11 is 0. The minimum absolute atomic E-state index is 0.220. The lowest BCUT2D eigenvalue weighted by molar-refractivity contribution is 0.198. The van der Waals surface area contributed by atoms with Crippen molar-refractivity contribution in [2.75, 3.05) is 29.9 Å². The number of hydrogen-bond acceptors (Lipinski definition) is 5. The molecule has 1 aliphatic rings. The summed E-state index contributed by atoms with van der Waals surface area (Å²) in [6.07, 6.45) is 2.34. The van der Waals surface area contributed by atoms with E-state index in [4.69, 9.17) is 0 Å². The van der Waals surface area contributed by atoms with Crippen molar-refractivity contribution in [2.24, 2.45) is 0 Å². The molecule has 2 N–H and O–H groups in total. The van der Waals surface area contributed by atoms with Gasteiger partial charge in [0.2, 0.25) is 5.95 Å². The van der Waals surface area contributed by atoms with Crippen molar-refractivity contribution in [1.82, 2.24) is 9.97 Å². The van der Waals surface area contributed by atoms with E-state index in [0.29, 0.717) is 12.5 Å². The molecule has 82 valence electrons. The summed E-state index contributed by atoms with van der Waals surface area (Å²) in [7, 11) is 0. The zero-order chi connectivity index (χ0) is 10.7. The highest BCUT2D eigenvalue weighted by molar-refractivity contribution is 5.43. The average molecular weight is 208 g/mol. The SMILES string of the molecule is CCNc1nccc(N2CC[C@H](O)C2)n1. The van der Waals surface area contributed by atoms with Crippen molar-refractivity contribution >= 4 is 11.8 Å².